The summed E-state index contributed by atoms with van der Waals surface area (Å²) in [5.41, 5.74) is 2.11. The molecule has 4 heteroatoms. The van der Waals surface area contributed by atoms with Gasteiger partial charge in [0, 0.05) is 15.8 Å². The SMILES string of the molecule is N#Cc1cc(Br)cc(Nc2ccc(F)cc2)c1. The number of benzene rings is 2. The van der Waals surface area contributed by atoms with E-state index in [2.05, 4.69) is 27.3 Å². The van der Waals surface area contributed by atoms with Gasteiger partial charge in [-0.15, -0.1) is 0 Å². The molecule has 0 bridgehead atoms. The molecule has 2 nitrogen and oxygen atoms in total. The molecule has 0 radical (unpaired) electrons. The van der Waals surface area contributed by atoms with Crippen molar-refractivity contribution in [3.63, 3.8) is 0 Å². The van der Waals surface area contributed by atoms with Crippen molar-refractivity contribution in [3.8, 4) is 6.07 Å². The van der Waals surface area contributed by atoms with Crippen molar-refractivity contribution < 1.29 is 4.39 Å². The lowest BCUT2D eigenvalue weighted by Gasteiger charge is -2.07. The summed E-state index contributed by atoms with van der Waals surface area (Å²) >= 11 is 3.33. The molecule has 0 unspecified atom stereocenters. The van der Waals surface area contributed by atoms with E-state index in [-0.39, 0.29) is 5.82 Å². The van der Waals surface area contributed by atoms with Crippen molar-refractivity contribution in [1.29, 1.82) is 5.26 Å². The van der Waals surface area contributed by atoms with E-state index in [1.165, 1.54) is 12.1 Å². The van der Waals surface area contributed by atoms with Gasteiger partial charge in [-0.05, 0) is 42.5 Å². The number of nitriles is 1. The van der Waals surface area contributed by atoms with Gasteiger partial charge in [0.15, 0.2) is 0 Å². The Kier molecular flexibility index (Phi) is 3.40. The number of anilines is 2. The van der Waals surface area contributed by atoms with Gasteiger partial charge in [-0.3, -0.25) is 0 Å². The quantitative estimate of drug-likeness (QED) is 0.900. The smallest absolute Gasteiger partial charge is 0.123 e. The highest BCUT2D eigenvalue weighted by Gasteiger charge is 2.00. The van der Waals surface area contributed by atoms with Crippen LogP contribution in [0.2, 0.25) is 0 Å². The molecule has 1 N–H and O–H groups in total. The summed E-state index contributed by atoms with van der Waals surface area (Å²) in [5.74, 6) is -0.275. The first kappa shape index (κ1) is 11.6. The lowest BCUT2D eigenvalue weighted by atomic mass is 10.2. The average Bonchev–Trinajstić information content (AvgIpc) is 2.31. The summed E-state index contributed by atoms with van der Waals surface area (Å²) < 4.78 is 13.6. The normalized spacial score (nSPS) is 9.71. The van der Waals surface area contributed by atoms with Gasteiger partial charge >= 0.3 is 0 Å². The molecular weight excluding hydrogens is 283 g/mol. The van der Waals surface area contributed by atoms with E-state index in [0.717, 1.165) is 15.8 Å². The summed E-state index contributed by atoms with van der Waals surface area (Å²) in [6.07, 6.45) is 0. The number of hydrogen-bond donors (Lipinski definition) is 1. The Morgan fingerprint density at radius 1 is 1.06 bits per heavy atom. The Labute approximate surface area is 107 Å². The molecule has 0 saturated carbocycles. The molecular formula is C13H8BrFN2. The predicted molar refractivity (Wildman–Crippen MR) is 68.5 cm³/mol. The minimum absolute atomic E-state index is 0.275. The maximum absolute atomic E-state index is 12.7. The van der Waals surface area contributed by atoms with Crippen LogP contribution in [0.4, 0.5) is 15.8 Å². The number of halogens is 2. The van der Waals surface area contributed by atoms with Gasteiger partial charge in [-0.2, -0.15) is 5.26 Å². The van der Waals surface area contributed by atoms with Crippen LogP contribution in [-0.2, 0) is 0 Å². The van der Waals surface area contributed by atoms with E-state index in [1.807, 2.05) is 6.07 Å². The van der Waals surface area contributed by atoms with Gasteiger partial charge in [0.2, 0.25) is 0 Å². The van der Waals surface area contributed by atoms with Gasteiger partial charge in [-0.25, -0.2) is 4.39 Å². The third kappa shape index (κ3) is 3.05. The third-order valence-corrected chi connectivity index (χ3v) is 2.62. The first-order valence-corrected chi connectivity index (χ1v) is 5.70. The molecule has 2 aromatic rings. The molecule has 0 amide bonds. The third-order valence-electron chi connectivity index (χ3n) is 2.16. The largest absolute Gasteiger partial charge is 0.355 e. The summed E-state index contributed by atoms with van der Waals surface area (Å²) in [4.78, 5) is 0. The van der Waals surface area contributed by atoms with Gasteiger partial charge in [0.1, 0.15) is 5.82 Å². The zero-order valence-electron chi connectivity index (χ0n) is 8.74. The lowest BCUT2D eigenvalue weighted by molar-refractivity contribution is 0.628. The second kappa shape index (κ2) is 4.98. The summed E-state index contributed by atoms with van der Waals surface area (Å²) in [7, 11) is 0. The van der Waals surface area contributed by atoms with Crippen molar-refractivity contribution >= 4 is 27.3 Å². The van der Waals surface area contributed by atoms with E-state index >= 15 is 0 Å². The van der Waals surface area contributed by atoms with E-state index in [1.54, 1.807) is 24.3 Å². The standard InChI is InChI=1S/C13H8BrFN2/c14-10-5-9(8-16)6-13(7-10)17-12-3-1-11(15)2-4-12/h1-7,17H. The Balaban J connectivity index is 2.27. The fraction of sp³-hybridized carbons (Fsp3) is 0. The van der Waals surface area contributed by atoms with Crippen molar-refractivity contribution in [2.75, 3.05) is 5.32 Å². The molecule has 2 rings (SSSR count). The van der Waals surface area contributed by atoms with Crippen LogP contribution >= 0.6 is 15.9 Å². The summed E-state index contributed by atoms with van der Waals surface area (Å²) in [6.45, 7) is 0. The topological polar surface area (TPSA) is 35.8 Å². The zero-order chi connectivity index (χ0) is 12.3. The van der Waals surface area contributed by atoms with Crippen LogP contribution in [0.25, 0.3) is 0 Å². The predicted octanol–water partition coefficient (Wildman–Crippen LogP) is 4.20. The molecule has 0 spiro atoms. The monoisotopic (exact) mass is 290 g/mol. The molecule has 0 fully saturated rings. The summed E-state index contributed by atoms with van der Waals surface area (Å²) in [6, 6.07) is 13.4. The first-order chi connectivity index (χ1) is 8.17. The van der Waals surface area contributed by atoms with Crippen molar-refractivity contribution in [2.45, 2.75) is 0 Å². The van der Waals surface area contributed by atoms with Crippen LogP contribution in [0.5, 0.6) is 0 Å². The number of nitrogens with one attached hydrogen (secondary N) is 1. The van der Waals surface area contributed by atoms with Crippen molar-refractivity contribution in [2.24, 2.45) is 0 Å². The second-order valence-corrected chi connectivity index (χ2v) is 4.39. The van der Waals surface area contributed by atoms with Gasteiger partial charge in [0.05, 0.1) is 11.6 Å². The second-order valence-electron chi connectivity index (χ2n) is 3.47. The van der Waals surface area contributed by atoms with Crippen LogP contribution < -0.4 is 5.32 Å². The molecule has 0 aliphatic rings. The Morgan fingerprint density at radius 2 is 1.76 bits per heavy atom. The Bertz CT molecular complexity index is 573. The van der Waals surface area contributed by atoms with E-state index in [9.17, 15) is 4.39 Å². The van der Waals surface area contributed by atoms with Crippen LogP contribution in [0.3, 0.4) is 0 Å². The highest BCUT2D eigenvalue weighted by Crippen LogP contribution is 2.22. The minimum Gasteiger partial charge on any atom is -0.355 e. The number of rotatable bonds is 2. The fourth-order valence-electron chi connectivity index (χ4n) is 1.43. The van der Waals surface area contributed by atoms with Crippen LogP contribution in [-0.4, -0.2) is 0 Å². The first-order valence-electron chi connectivity index (χ1n) is 4.90. The van der Waals surface area contributed by atoms with E-state index < -0.39 is 0 Å². The van der Waals surface area contributed by atoms with Crippen molar-refractivity contribution in [3.05, 3.63) is 58.3 Å². The molecule has 0 atom stereocenters. The highest BCUT2D eigenvalue weighted by atomic mass is 79.9. The molecule has 84 valence electrons. The molecule has 0 aromatic heterocycles. The number of nitrogens with zero attached hydrogens (tertiary/aromatic N) is 1. The van der Waals surface area contributed by atoms with Crippen molar-refractivity contribution in [1.82, 2.24) is 0 Å². The van der Waals surface area contributed by atoms with Crippen LogP contribution in [0.15, 0.2) is 46.9 Å². The van der Waals surface area contributed by atoms with Gasteiger partial charge in [0.25, 0.3) is 0 Å². The van der Waals surface area contributed by atoms with Crippen LogP contribution in [0.1, 0.15) is 5.56 Å². The maximum Gasteiger partial charge on any atom is 0.123 e. The molecule has 0 heterocycles. The molecule has 0 aliphatic heterocycles. The highest BCUT2D eigenvalue weighted by molar-refractivity contribution is 9.10. The summed E-state index contributed by atoms with van der Waals surface area (Å²) in [5, 5.41) is 11.9. The minimum atomic E-state index is -0.275. The molecule has 2 aromatic carbocycles. The van der Waals surface area contributed by atoms with Gasteiger partial charge < -0.3 is 5.32 Å². The van der Waals surface area contributed by atoms with E-state index in [4.69, 9.17) is 5.26 Å². The Hall–Kier alpha value is -1.86. The molecule has 0 saturated heterocycles. The lowest BCUT2D eigenvalue weighted by Crippen LogP contribution is -1.91. The zero-order valence-corrected chi connectivity index (χ0v) is 10.3. The fourth-order valence-corrected chi connectivity index (χ4v) is 1.92. The average molecular weight is 291 g/mol. The van der Waals surface area contributed by atoms with Gasteiger partial charge in [-0.1, -0.05) is 15.9 Å². The number of hydrogen-bond acceptors (Lipinski definition) is 2. The molecule has 17 heavy (non-hydrogen) atoms. The van der Waals surface area contributed by atoms with Crippen LogP contribution in [0, 0.1) is 17.1 Å². The maximum atomic E-state index is 12.7. The van der Waals surface area contributed by atoms with E-state index in [0.29, 0.717) is 5.56 Å². The Morgan fingerprint density at radius 3 is 2.41 bits per heavy atom. The molecule has 0 aliphatic carbocycles.